The number of aryl methyl sites for hydroxylation is 1. The average molecular weight is 404 g/mol. The predicted octanol–water partition coefficient (Wildman–Crippen LogP) is 8.10. The number of hydrogen-bond acceptors (Lipinski definition) is 0. The lowest BCUT2D eigenvalue weighted by molar-refractivity contribution is 0.306. The smallest absolute Gasteiger partial charge is 0.167 e. The number of allylic oxidation sites excluding steroid dienone is 2. The summed E-state index contributed by atoms with van der Waals surface area (Å²) < 4.78 is 58.2. The first-order chi connectivity index (χ1) is 14.0. The van der Waals surface area contributed by atoms with Gasteiger partial charge in [0.25, 0.3) is 0 Å². The Labute approximate surface area is 170 Å². The first-order valence-electron chi connectivity index (χ1n) is 10.5. The molecule has 0 aliphatic heterocycles. The van der Waals surface area contributed by atoms with Gasteiger partial charge in [0.1, 0.15) is 0 Å². The van der Waals surface area contributed by atoms with Gasteiger partial charge in [-0.05, 0) is 74.8 Å². The minimum Gasteiger partial charge on any atom is -0.203 e. The maximum Gasteiger partial charge on any atom is 0.167 e. The number of halogens is 4. The van der Waals surface area contributed by atoms with Crippen LogP contribution in [0.3, 0.4) is 0 Å². The van der Waals surface area contributed by atoms with Crippen molar-refractivity contribution in [3.8, 4) is 11.1 Å². The van der Waals surface area contributed by atoms with Crippen LogP contribution in [0.15, 0.2) is 36.4 Å². The first kappa shape index (κ1) is 21.6. The SMILES string of the molecule is CC=CCCC1CCC(c2ccc(-c3ccc(CC)c(F)c3F)c(F)c2F)CC1. The molecule has 0 saturated heterocycles. The van der Waals surface area contributed by atoms with E-state index < -0.39 is 23.3 Å². The summed E-state index contributed by atoms with van der Waals surface area (Å²) in [4.78, 5) is 0. The minimum atomic E-state index is -1.13. The summed E-state index contributed by atoms with van der Waals surface area (Å²) in [5, 5.41) is 0. The van der Waals surface area contributed by atoms with Crippen LogP contribution < -0.4 is 0 Å². The summed E-state index contributed by atoms with van der Waals surface area (Å²) in [6.07, 6.45) is 10.4. The van der Waals surface area contributed by atoms with Crippen molar-refractivity contribution in [1.82, 2.24) is 0 Å². The van der Waals surface area contributed by atoms with Gasteiger partial charge >= 0.3 is 0 Å². The molecule has 3 rings (SSSR count). The Morgan fingerprint density at radius 1 is 0.828 bits per heavy atom. The van der Waals surface area contributed by atoms with E-state index in [-0.39, 0.29) is 22.6 Å². The fourth-order valence-electron chi connectivity index (χ4n) is 4.42. The van der Waals surface area contributed by atoms with Crippen LogP contribution in [0, 0.1) is 29.2 Å². The van der Waals surface area contributed by atoms with E-state index in [0.717, 1.165) is 38.5 Å². The molecule has 0 spiro atoms. The van der Waals surface area contributed by atoms with Gasteiger partial charge in [-0.25, -0.2) is 17.6 Å². The molecule has 0 unspecified atom stereocenters. The molecule has 1 fully saturated rings. The van der Waals surface area contributed by atoms with E-state index >= 15 is 0 Å². The molecule has 2 aromatic carbocycles. The summed E-state index contributed by atoms with van der Waals surface area (Å²) in [5.41, 5.74) is 0.0971. The molecule has 0 radical (unpaired) electrons. The van der Waals surface area contributed by atoms with Crippen molar-refractivity contribution in [2.24, 2.45) is 5.92 Å². The zero-order chi connectivity index (χ0) is 21.0. The summed E-state index contributed by atoms with van der Waals surface area (Å²) in [6.45, 7) is 3.72. The van der Waals surface area contributed by atoms with E-state index in [1.54, 1.807) is 13.0 Å². The zero-order valence-corrected chi connectivity index (χ0v) is 17.1. The fourth-order valence-corrected chi connectivity index (χ4v) is 4.42. The topological polar surface area (TPSA) is 0 Å². The minimum absolute atomic E-state index is 0.0273. The molecule has 0 N–H and O–H groups in total. The van der Waals surface area contributed by atoms with Crippen molar-refractivity contribution in [2.75, 3.05) is 0 Å². The van der Waals surface area contributed by atoms with Gasteiger partial charge in [0.05, 0.1) is 0 Å². The van der Waals surface area contributed by atoms with Crippen molar-refractivity contribution in [1.29, 1.82) is 0 Å². The van der Waals surface area contributed by atoms with Crippen molar-refractivity contribution >= 4 is 0 Å². The highest BCUT2D eigenvalue weighted by Crippen LogP contribution is 2.40. The van der Waals surface area contributed by atoms with E-state index in [2.05, 4.69) is 12.2 Å². The molecule has 4 heteroatoms. The van der Waals surface area contributed by atoms with Gasteiger partial charge < -0.3 is 0 Å². The van der Waals surface area contributed by atoms with Crippen molar-refractivity contribution in [2.45, 2.75) is 64.7 Å². The summed E-state index contributed by atoms with van der Waals surface area (Å²) in [6, 6.07) is 5.68. The lowest BCUT2D eigenvalue weighted by atomic mass is 9.77. The van der Waals surface area contributed by atoms with Gasteiger partial charge in [0.15, 0.2) is 23.3 Å². The Morgan fingerprint density at radius 3 is 2.07 bits per heavy atom. The maximum absolute atomic E-state index is 14.9. The first-order valence-corrected chi connectivity index (χ1v) is 10.5. The van der Waals surface area contributed by atoms with Crippen LogP contribution in [0.1, 0.15) is 69.4 Å². The predicted molar refractivity (Wildman–Crippen MR) is 110 cm³/mol. The van der Waals surface area contributed by atoms with Gasteiger partial charge in [-0.3, -0.25) is 0 Å². The van der Waals surface area contributed by atoms with Crippen molar-refractivity contribution < 1.29 is 17.6 Å². The third kappa shape index (κ3) is 4.57. The van der Waals surface area contributed by atoms with Gasteiger partial charge in [-0.2, -0.15) is 0 Å². The van der Waals surface area contributed by atoms with E-state index in [9.17, 15) is 17.6 Å². The summed E-state index contributed by atoms with van der Waals surface area (Å²) in [5.74, 6) is -3.55. The lowest BCUT2D eigenvalue weighted by Crippen LogP contribution is -2.15. The van der Waals surface area contributed by atoms with Gasteiger partial charge in [-0.1, -0.05) is 43.3 Å². The molecule has 0 atom stereocenters. The molecule has 29 heavy (non-hydrogen) atoms. The average Bonchev–Trinajstić information content (AvgIpc) is 2.73. The molecular formula is C25H28F4. The Kier molecular flexibility index (Phi) is 7.15. The molecule has 1 saturated carbocycles. The quantitative estimate of drug-likeness (QED) is 0.337. The van der Waals surface area contributed by atoms with E-state index in [0.29, 0.717) is 17.9 Å². The van der Waals surface area contributed by atoms with Crippen molar-refractivity contribution in [3.05, 3.63) is 70.8 Å². The van der Waals surface area contributed by atoms with Gasteiger partial charge in [-0.15, -0.1) is 0 Å². The highest BCUT2D eigenvalue weighted by atomic mass is 19.2. The molecule has 0 amide bonds. The maximum atomic E-state index is 14.9. The number of benzene rings is 2. The normalized spacial score (nSPS) is 19.8. The monoisotopic (exact) mass is 404 g/mol. The van der Waals surface area contributed by atoms with Gasteiger partial charge in [0.2, 0.25) is 0 Å². The molecule has 0 nitrogen and oxygen atoms in total. The van der Waals surface area contributed by atoms with Crippen LogP contribution >= 0.6 is 0 Å². The molecule has 0 bridgehead atoms. The summed E-state index contributed by atoms with van der Waals surface area (Å²) in [7, 11) is 0. The molecule has 0 heterocycles. The standard InChI is InChI=1S/C25H28F4/c1-3-5-6-7-16-8-10-18(11-9-16)19-14-15-21(25(29)23(19)27)20-13-12-17(4-2)22(26)24(20)28/h3,5,12-16,18H,4,6-11H2,1-2H3. The summed E-state index contributed by atoms with van der Waals surface area (Å²) >= 11 is 0. The van der Waals surface area contributed by atoms with Crippen LogP contribution in [0.2, 0.25) is 0 Å². The van der Waals surface area contributed by atoms with E-state index in [1.165, 1.54) is 18.2 Å². The Hall–Kier alpha value is -2.10. The van der Waals surface area contributed by atoms with Crippen LogP contribution in [0.4, 0.5) is 17.6 Å². The Balaban J connectivity index is 1.80. The molecule has 1 aliphatic rings. The number of hydrogen-bond donors (Lipinski definition) is 0. The second-order valence-electron chi connectivity index (χ2n) is 7.95. The molecule has 1 aliphatic carbocycles. The lowest BCUT2D eigenvalue weighted by Gasteiger charge is -2.29. The van der Waals surface area contributed by atoms with Crippen LogP contribution in [-0.2, 0) is 6.42 Å². The van der Waals surface area contributed by atoms with E-state index in [1.807, 2.05) is 6.92 Å². The van der Waals surface area contributed by atoms with Crippen molar-refractivity contribution in [3.63, 3.8) is 0 Å². The largest absolute Gasteiger partial charge is 0.203 e. The van der Waals surface area contributed by atoms with Crippen LogP contribution in [0.5, 0.6) is 0 Å². The Morgan fingerprint density at radius 2 is 1.45 bits per heavy atom. The third-order valence-electron chi connectivity index (χ3n) is 6.21. The second-order valence-corrected chi connectivity index (χ2v) is 7.95. The second kappa shape index (κ2) is 9.60. The third-order valence-corrected chi connectivity index (χ3v) is 6.21. The highest BCUT2D eigenvalue weighted by Gasteiger charge is 2.27. The molecule has 156 valence electrons. The van der Waals surface area contributed by atoms with E-state index in [4.69, 9.17) is 0 Å². The zero-order valence-electron chi connectivity index (χ0n) is 17.1. The van der Waals surface area contributed by atoms with Crippen LogP contribution in [-0.4, -0.2) is 0 Å². The fraction of sp³-hybridized carbons (Fsp3) is 0.440. The molecular weight excluding hydrogens is 376 g/mol. The molecule has 0 aromatic heterocycles. The molecule has 2 aromatic rings. The Bertz CT molecular complexity index is 877. The highest BCUT2D eigenvalue weighted by molar-refractivity contribution is 5.66. The number of rotatable bonds is 6. The van der Waals surface area contributed by atoms with Gasteiger partial charge in [0, 0.05) is 11.1 Å². The van der Waals surface area contributed by atoms with Crippen LogP contribution in [0.25, 0.3) is 11.1 Å².